The van der Waals surface area contributed by atoms with E-state index in [-0.39, 0.29) is 35.4 Å². The zero-order chi connectivity index (χ0) is 12.3. The van der Waals surface area contributed by atoms with Gasteiger partial charge in [-0.05, 0) is 11.8 Å². The van der Waals surface area contributed by atoms with Gasteiger partial charge in [-0.3, -0.25) is 9.48 Å². The smallest absolute Gasteiger partial charge is 0.396 e. The fraction of sp³-hybridized carbons (Fsp3) is 0.429. The molecule has 4 N–H and O–H groups in total. The molecule has 0 atom stereocenters. The van der Waals surface area contributed by atoms with E-state index < -0.39 is 11.4 Å². The van der Waals surface area contributed by atoms with Crippen LogP contribution >= 0.6 is 11.8 Å². The Morgan fingerprint density at radius 3 is 2.62 bits per heavy atom. The molecule has 90 valence electrons. The monoisotopic (exact) mass is 254 g/mol. The molecule has 16 heavy (non-hydrogen) atoms. The number of anilines is 1. The first-order valence-corrected chi connectivity index (χ1v) is 5.11. The minimum atomic E-state index is -4.27. The summed E-state index contributed by atoms with van der Waals surface area (Å²) < 4.78 is 36.6. The number of aryl methyl sites for hydroxylation is 1. The Hall–Kier alpha value is -1.38. The maximum absolute atomic E-state index is 11.8. The molecule has 0 aliphatic rings. The van der Waals surface area contributed by atoms with Crippen molar-refractivity contribution >= 4 is 23.4 Å². The Bertz CT molecular complexity index is 389. The lowest BCUT2D eigenvalue weighted by atomic mass is 10.4. The highest BCUT2D eigenvalue weighted by Gasteiger charge is 2.27. The number of halogens is 3. The van der Waals surface area contributed by atoms with Crippen LogP contribution in [0.15, 0.2) is 6.20 Å². The van der Waals surface area contributed by atoms with Gasteiger partial charge in [0.25, 0.3) is 5.91 Å². The number of amides is 1. The number of primary amides is 1. The number of hydrogen-bond donors (Lipinski definition) is 2. The molecule has 1 aromatic heterocycles. The normalized spacial score (nSPS) is 11.7. The summed E-state index contributed by atoms with van der Waals surface area (Å²) in [5.74, 6) is -1.01. The van der Waals surface area contributed by atoms with Crippen molar-refractivity contribution in [2.75, 3.05) is 11.5 Å². The summed E-state index contributed by atoms with van der Waals surface area (Å²) in [6, 6.07) is 0. The standard InChI is InChI=1S/C7H9F3N4OS/c8-7(9,10)16-2-1-14-3-4(11)5(13-14)6(12)15/h3H,1-2,11H2,(H2,12,15). The van der Waals surface area contributed by atoms with E-state index in [0.717, 1.165) is 4.68 Å². The van der Waals surface area contributed by atoms with Crippen LogP contribution in [-0.4, -0.2) is 26.9 Å². The van der Waals surface area contributed by atoms with Crippen LogP contribution in [0, 0.1) is 0 Å². The summed E-state index contributed by atoms with van der Waals surface area (Å²) in [6.07, 6.45) is 1.27. The van der Waals surface area contributed by atoms with E-state index >= 15 is 0 Å². The molecule has 0 bridgehead atoms. The Kier molecular flexibility index (Phi) is 3.68. The van der Waals surface area contributed by atoms with Crippen LogP contribution in [0.3, 0.4) is 0 Å². The number of hydrogen-bond acceptors (Lipinski definition) is 4. The van der Waals surface area contributed by atoms with E-state index in [2.05, 4.69) is 5.10 Å². The van der Waals surface area contributed by atoms with Gasteiger partial charge in [-0.1, -0.05) is 0 Å². The molecule has 0 aromatic carbocycles. The number of rotatable bonds is 4. The summed E-state index contributed by atoms with van der Waals surface area (Å²) >= 11 is -0.166. The Morgan fingerprint density at radius 1 is 1.56 bits per heavy atom. The van der Waals surface area contributed by atoms with Gasteiger partial charge in [-0.2, -0.15) is 18.3 Å². The molecule has 0 saturated carbocycles. The van der Waals surface area contributed by atoms with Gasteiger partial charge in [0, 0.05) is 11.9 Å². The fourth-order valence-electron chi connectivity index (χ4n) is 0.998. The first-order chi connectivity index (χ1) is 7.29. The SMILES string of the molecule is NC(=O)c1nn(CCSC(F)(F)F)cc1N. The van der Waals surface area contributed by atoms with Crippen molar-refractivity contribution in [3.8, 4) is 0 Å². The van der Waals surface area contributed by atoms with E-state index in [9.17, 15) is 18.0 Å². The summed E-state index contributed by atoms with van der Waals surface area (Å²) in [5.41, 5.74) is 5.99. The average Bonchev–Trinajstić information content (AvgIpc) is 2.44. The molecule has 0 radical (unpaired) electrons. The second-order valence-electron chi connectivity index (χ2n) is 2.85. The van der Waals surface area contributed by atoms with Crippen molar-refractivity contribution in [1.29, 1.82) is 0 Å². The van der Waals surface area contributed by atoms with Crippen molar-refractivity contribution in [3.05, 3.63) is 11.9 Å². The Balaban J connectivity index is 2.56. The minimum absolute atomic E-state index is 0.00164. The maximum Gasteiger partial charge on any atom is 0.441 e. The number of nitrogens with two attached hydrogens (primary N) is 2. The van der Waals surface area contributed by atoms with Crippen molar-refractivity contribution in [1.82, 2.24) is 9.78 Å². The van der Waals surface area contributed by atoms with Crippen molar-refractivity contribution in [3.63, 3.8) is 0 Å². The quantitative estimate of drug-likeness (QED) is 0.832. The first-order valence-electron chi connectivity index (χ1n) is 4.13. The van der Waals surface area contributed by atoms with E-state index in [1.54, 1.807) is 0 Å². The van der Waals surface area contributed by atoms with Gasteiger partial charge in [-0.15, -0.1) is 0 Å². The fourth-order valence-corrected chi connectivity index (χ4v) is 1.51. The highest BCUT2D eigenvalue weighted by Crippen LogP contribution is 2.30. The van der Waals surface area contributed by atoms with Crippen molar-refractivity contribution in [2.24, 2.45) is 5.73 Å². The summed E-state index contributed by atoms with van der Waals surface area (Å²) in [5, 5.41) is 3.67. The van der Waals surface area contributed by atoms with E-state index in [4.69, 9.17) is 11.5 Å². The molecule has 0 aliphatic heterocycles. The Morgan fingerprint density at radius 2 is 2.19 bits per heavy atom. The molecule has 1 aromatic rings. The van der Waals surface area contributed by atoms with Crippen LogP contribution in [0.5, 0.6) is 0 Å². The molecule has 5 nitrogen and oxygen atoms in total. The van der Waals surface area contributed by atoms with Crippen LogP contribution in [-0.2, 0) is 6.54 Å². The number of nitrogens with zero attached hydrogens (tertiary/aromatic N) is 2. The molecule has 0 saturated heterocycles. The van der Waals surface area contributed by atoms with Crippen LogP contribution in [0.1, 0.15) is 10.5 Å². The molecular formula is C7H9F3N4OS. The first kappa shape index (κ1) is 12.7. The highest BCUT2D eigenvalue weighted by atomic mass is 32.2. The van der Waals surface area contributed by atoms with Crippen LogP contribution in [0.25, 0.3) is 0 Å². The third kappa shape index (κ3) is 3.65. The molecule has 1 amide bonds. The zero-order valence-corrected chi connectivity index (χ0v) is 8.81. The van der Waals surface area contributed by atoms with Crippen LogP contribution in [0.2, 0.25) is 0 Å². The van der Waals surface area contributed by atoms with Gasteiger partial charge in [0.15, 0.2) is 5.69 Å². The third-order valence-corrected chi connectivity index (χ3v) is 2.32. The number of alkyl halides is 3. The van der Waals surface area contributed by atoms with Gasteiger partial charge in [-0.25, -0.2) is 0 Å². The lowest BCUT2D eigenvalue weighted by Gasteiger charge is -2.04. The number of carbonyl (C=O) groups is 1. The van der Waals surface area contributed by atoms with Gasteiger partial charge in [0.2, 0.25) is 0 Å². The number of carbonyl (C=O) groups excluding carboxylic acids is 1. The molecule has 0 fully saturated rings. The van der Waals surface area contributed by atoms with E-state index in [1.165, 1.54) is 6.20 Å². The topological polar surface area (TPSA) is 86.9 Å². The third-order valence-electron chi connectivity index (χ3n) is 1.61. The van der Waals surface area contributed by atoms with Gasteiger partial charge in [0.05, 0.1) is 12.2 Å². The lowest BCUT2D eigenvalue weighted by Crippen LogP contribution is -2.14. The summed E-state index contributed by atoms with van der Waals surface area (Å²) in [7, 11) is 0. The molecule has 1 heterocycles. The minimum Gasteiger partial charge on any atom is -0.396 e. The van der Waals surface area contributed by atoms with Crippen molar-refractivity contribution < 1.29 is 18.0 Å². The zero-order valence-electron chi connectivity index (χ0n) is 7.99. The predicted octanol–water partition coefficient (Wildman–Crippen LogP) is 0.817. The highest BCUT2D eigenvalue weighted by molar-refractivity contribution is 8.00. The maximum atomic E-state index is 11.8. The second kappa shape index (κ2) is 4.64. The molecule has 1 rings (SSSR count). The number of nitrogen functional groups attached to an aromatic ring is 1. The van der Waals surface area contributed by atoms with Gasteiger partial charge in [0.1, 0.15) is 0 Å². The van der Waals surface area contributed by atoms with Gasteiger partial charge >= 0.3 is 5.51 Å². The van der Waals surface area contributed by atoms with Crippen LogP contribution < -0.4 is 11.5 Å². The summed E-state index contributed by atoms with van der Waals surface area (Å²) in [6.45, 7) is 0.00164. The molecular weight excluding hydrogens is 245 g/mol. The lowest BCUT2D eigenvalue weighted by molar-refractivity contribution is -0.0328. The molecule has 9 heteroatoms. The number of thioether (sulfide) groups is 1. The summed E-state index contributed by atoms with van der Waals surface area (Å²) in [4.78, 5) is 10.7. The van der Waals surface area contributed by atoms with E-state index in [1.807, 2.05) is 0 Å². The van der Waals surface area contributed by atoms with Gasteiger partial charge < -0.3 is 11.5 Å². The van der Waals surface area contributed by atoms with Crippen molar-refractivity contribution in [2.45, 2.75) is 12.1 Å². The largest absolute Gasteiger partial charge is 0.441 e. The Labute approximate surface area is 93.0 Å². The number of aromatic nitrogens is 2. The molecule has 0 aliphatic carbocycles. The predicted molar refractivity (Wildman–Crippen MR) is 53.7 cm³/mol. The molecule has 0 spiro atoms. The second-order valence-corrected chi connectivity index (χ2v) is 4.01. The molecule has 0 unspecified atom stereocenters. The van der Waals surface area contributed by atoms with Crippen LogP contribution in [0.4, 0.5) is 18.9 Å². The van der Waals surface area contributed by atoms with E-state index in [0.29, 0.717) is 0 Å². The average molecular weight is 254 g/mol.